The molecule has 2 aromatic rings. The predicted octanol–water partition coefficient (Wildman–Crippen LogP) is 3.17. The molecule has 0 atom stereocenters. The fourth-order valence-corrected chi connectivity index (χ4v) is 2.79. The SMILES string of the molecule is Cc1cc(Br)c(=O)n(CC(=O)Nc2c(C)cccc2C)c1. The number of carbonyl (C=O) groups is 1. The van der Waals surface area contributed by atoms with Crippen LogP contribution >= 0.6 is 15.9 Å². The standard InChI is InChI=1S/C16H17BrN2O2/c1-10-7-13(17)16(21)19(8-10)9-14(20)18-15-11(2)5-4-6-12(15)3/h4-8H,9H2,1-3H3,(H,18,20). The molecular formula is C16H17BrN2O2. The summed E-state index contributed by atoms with van der Waals surface area (Å²) >= 11 is 3.21. The van der Waals surface area contributed by atoms with Gasteiger partial charge in [0.25, 0.3) is 5.56 Å². The van der Waals surface area contributed by atoms with Crippen LogP contribution in [0.5, 0.6) is 0 Å². The van der Waals surface area contributed by atoms with E-state index in [1.54, 1.807) is 12.3 Å². The van der Waals surface area contributed by atoms with Crippen molar-refractivity contribution in [2.24, 2.45) is 0 Å². The van der Waals surface area contributed by atoms with Crippen LogP contribution in [0.4, 0.5) is 5.69 Å². The molecule has 0 spiro atoms. The van der Waals surface area contributed by atoms with Crippen LogP contribution in [-0.2, 0) is 11.3 Å². The minimum atomic E-state index is -0.216. The second-order valence-corrected chi connectivity index (χ2v) is 5.97. The highest BCUT2D eigenvalue weighted by atomic mass is 79.9. The van der Waals surface area contributed by atoms with Crippen molar-refractivity contribution in [1.82, 2.24) is 4.57 Å². The first-order chi connectivity index (χ1) is 9.88. The highest BCUT2D eigenvalue weighted by molar-refractivity contribution is 9.10. The van der Waals surface area contributed by atoms with E-state index in [1.807, 2.05) is 39.0 Å². The highest BCUT2D eigenvalue weighted by Gasteiger charge is 2.10. The van der Waals surface area contributed by atoms with Gasteiger partial charge in [0.05, 0.1) is 4.47 Å². The summed E-state index contributed by atoms with van der Waals surface area (Å²) in [5.41, 5.74) is 3.52. The molecule has 110 valence electrons. The number of pyridine rings is 1. The van der Waals surface area contributed by atoms with E-state index in [0.717, 1.165) is 22.4 Å². The fourth-order valence-electron chi connectivity index (χ4n) is 2.20. The summed E-state index contributed by atoms with van der Waals surface area (Å²) in [6.07, 6.45) is 1.68. The molecule has 0 aliphatic carbocycles. The zero-order valence-corrected chi connectivity index (χ0v) is 13.8. The van der Waals surface area contributed by atoms with Crippen molar-refractivity contribution in [3.8, 4) is 0 Å². The monoisotopic (exact) mass is 348 g/mol. The number of amides is 1. The number of halogens is 1. The number of benzene rings is 1. The van der Waals surface area contributed by atoms with Gasteiger partial charge in [-0.1, -0.05) is 18.2 Å². The third-order valence-electron chi connectivity index (χ3n) is 3.24. The van der Waals surface area contributed by atoms with Crippen molar-refractivity contribution >= 4 is 27.5 Å². The number of nitrogens with zero attached hydrogens (tertiary/aromatic N) is 1. The Morgan fingerprint density at radius 2 is 1.86 bits per heavy atom. The first-order valence-electron chi connectivity index (χ1n) is 6.61. The Morgan fingerprint density at radius 1 is 1.24 bits per heavy atom. The average Bonchev–Trinajstić information content (AvgIpc) is 2.40. The van der Waals surface area contributed by atoms with Gasteiger partial charge in [0.1, 0.15) is 6.54 Å². The summed E-state index contributed by atoms with van der Waals surface area (Å²) in [5.74, 6) is -0.216. The van der Waals surface area contributed by atoms with Gasteiger partial charge in [0, 0.05) is 11.9 Å². The maximum Gasteiger partial charge on any atom is 0.265 e. The van der Waals surface area contributed by atoms with Crippen LogP contribution < -0.4 is 10.9 Å². The topological polar surface area (TPSA) is 51.1 Å². The Labute approximate surface area is 131 Å². The van der Waals surface area contributed by atoms with Crippen molar-refractivity contribution < 1.29 is 4.79 Å². The molecule has 4 nitrogen and oxygen atoms in total. The number of anilines is 1. The lowest BCUT2D eigenvalue weighted by atomic mass is 10.1. The van der Waals surface area contributed by atoms with E-state index < -0.39 is 0 Å². The van der Waals surface area contributed by atoms with E-state index in [-0.39, 0.29) is 18.0 Å². The zero-order valence-electron chi connectivity index (χ0n) is 12.2. The number of nitrogens with one attached hydrogen (secondary N) is 1. The summed E-state index contributed by atoms with van der Waals surface area (Å²) in [4.78, 5) is 24.2. The van der Waals surface area contributed by atoms with Crippen molar-refractivity contribution in [3.05, 3.63) is 62.0 Å². The first-order valence-corrected chi connectivity index (χ1v) is 7.40. The second kappa shape index (κ2) is 6.26. The number of aryl methyl sites for hydroxylation is 3. The molecule has 1 N–H and O–H groups in total. The van der Waals surface area contributed by atoms with Crippen molar-refractivity contribution in [2.45, 2.75) is 27.3 Å². The molecule has 1 aromatic heterocycles. The molecule has 2 rings (SSSR count). The summed E-state index contributed by atoms with van der Waals surface area (Å²) in [6, 6.07) is 7.57. The quantitative estimate of drug-likeness (QED) is 0.925. The van der Waals surface area contributed by atoms with Gasteiger partial charge in [-0.05, 0) is 59.5 Å². The molecular weight excluding hydrogens is 332 g/mol. The second-order valence-electron chi connectivity index (χ2n) is 5.11. The minimum absolute atomic E-state index is 0.00706. The molecule has 1 heterocycles. The Kier molecular flexibility index (Phi) is 4.63. The maximum atomic E-state index is 12.2. The van der Waals surface area contributed by atoms with Gasteiger partial charge in [-0.3, -0.25) is 9.59 Å². The third kappa shape index (κ3) is 3.61. The largest absolute Gasteiger partial charge is 0.324 e. The Hall–Kier alpha value is -1.88. The lowest BCUT2D eigenvalue weighted by Gasteiger charge is -2.12. The van der Waals surface area contributed by atoms with Crippen LogP contribution in [0.2, 0.25) is 0 Å². The molecule has 1 amide bonds. The van der Waals surface area contributed by atoms with E-state index in [2.05, 4.69) is 21.2 Å². The molecule has 0 bridgehead atoms. The summed E-state index contributed by atoms with van der Waals surface area (Å²) in [5, 5.41) is 2.88. The van der Waals surface area contributed by atoms with E-state index in [4.69, 9.17) is 0 Å². The van der Waals surface area contributed by atoms with Gasteiger partial charge >= 0.3 is 0 Å². The van der Waals surface area contributed by atoms with Crippen LogP contribution in [0, 0.1) is 20.8 Å². The van der Waals surface area contributed by atoms with Gasteiger partial charge in [0.2, 0.25) is 5.91 Å². The van der Waals surface area contributed by atoms with Gasteiger partial charge in [-0.2, -0.15) is 0 Å². The first kappa shape index (κ1) is 15.5. The number of rotatable bonds is 3. The summed E-state index contributed by atoms with van der Waals surface area (Å²) < 4.78 is 1.87. The molecule has 0 saturated carbocycles. The van der Waals surface area contributed by atoms with Crippen LogP contribution in [0.15, 0.2) is 39.7 Å². The van der Waals surface area contributed by atoms with Crippen LogP contribution in [0.3, 0.4) is 0 Å². The Morgan fingerprint density at radius 3 is 2.48 bits per heavy atom. The van der Waals surface area contributed by atoms with Gasteiger partial charge in [0.15, 0.2) is 0 Å². The normalized spacial score (nSPS) is 10.5. The Bertz CT molecular complexity index is 730. The molecule has 1 aromatic carbocycles. The highest BCUT2D eigenvalue weighted by Crippen LogP contribution is 2.19. The Balaban J connectivity index is 2.22. The van der Waals surface area contributed by atoms with Crippen LogP contribution in [0.25, 0.3) is 0 Å². The summed E-state index contributed by atoms with van der Waals surface area (Å²) in [7, 11) is 0. The minimum Gasteiger partial charge on any atom is -0.324 e. The van der Waals surface area contributed by atoms with E-state index in [0.29, 0.717) is 4.47 Å². The van der Waals surface area contributed by atoms with Gasteiger partial charge in [-0.15, -0.1) is 0 Å². The van der Waals surface area contributed by atoms with Crippen LogP contribution in [-0.4, -0.2) is 10.5 Å². The number of para-hydroxylation sites is 1. The molecule has 0 unspecified atom stereocenters. The lowest BCUT2D eigenvalue weighted by Crippen LogP contribution is -2.28. The molecule has 0 aliphatic rings. The molecule has 0 radical (unpaired) electrons. The number of hydrogen-bond acceptors (Lipinski definition) is 2. The smallest absolute Gasteiger partial charge is 0.265 e. The van der Waals surface area contributed by atoms with Gasteiger partial charge in [-0.25, -0.2) is 0 Å². The average molecular weight is 349 g/mol. The zero-order chi connectivity index (χ0) is 15.6. The molecule has 0 fully saturated rings. The van der Waals surface area contributed by atoms with Crippen LogP contribution in [0.1, 0.15) is 16.7 Å². The van der Waals surface area contributed by atoms with Crippen molar-refractivity contribution in [2.75, 3.05) is 5.32 Å². The van der Waals surface area contributed by atoms with Crippen molar-refractivity contribution in [1.29, 1.82) is 0 Å². The number of hydrogen-bond donors (Lipinski definition) is 1. The fraction of sp³-hybridized carbons (Fsp3) is 0.250. The van der Waals surface area contributed by atoms with E-state index >= 15 is 0 Å². The summed E-state index contributed by atoms with van der Waals surface area (Å²) in [6.45, 7) is 5.76. The molecule has 0 saturated heterocycles. The van der Waals surface area contributed by atoms with Gasteiger partial charge < -0.3 is 9.88 Å². The maximum absolute atomic E-state index is 12.2. The van der Waals surface area contributed by atoms with E-state index in [1.165, 1.54) is 4.57 Å². The molecule has 5 heteroatoms. The third-order valence-corrected chi connectivity index (χ3v) is 3.81. The van der Waals surface area contributed by atoms with E-state index in [9.17, 15) is 9.59 Å². The molecule has 0 aliphatic heterocycles. The number of aromatic nitrogens is 1. The molecule has 21 heavy (non-hydrogen) atoms. The lowest BCUT2D eigenvalue weighted by molar-refractivity contribution is -0.116. The number of carbonyl (C=O) groups excluding carboxylic acids is 1. The van der Waals surface area contributed by atoms with Crippen molar-refractivity contribution in [3.63, 3.8) is 0 Å². The predicted molar refractivity (Wildman–Crippen MR) is 87.7 cm³/mol.